The van der Waals surface area contributed by atoms with Gasteiger partial charge in [-0.3, -0.25) is 4.79 Å². The highest BCUT2D eigenvalue weighted by molar-refractivity contribution is 5.97. The van der Waals surface area contributed by atoms with E-state index in [0.29, 0.717) is 12.3 Å². The van der Waals surface area contributed by atoms with Gasteiger partial charge in [0, 0.05) is 43.2 Å². The number of anilines is 3. The van der Waals surface area contributed by atoms with E-state index in [1.54, 1.807) is 11.1 Å². The fraction of sp³-hybridized carbons (Fsp3) is 0.350. The lowest BCUT2D eigenvalue weighted by molar-refractivity contribution is -0.119. The zero-order valence-electron chi connectivity index (χ0n) is 14.9. The summed E-state index contributed by atoms with van der Waals surface area (Å²) in [5, 5.41) is 8.11. The van der Waals surface area contributed by atoms with Crippen molar-refractivity contribution in [3.63, 3.8) is 0 Å². The lowest BCUT2D eigenvalue weighted by Gasteiger charge is -2.30. The second-order valence-corrected chi connectivity index (χ2v) is 7.41. The number of hydrogen-bond donors (Lipinski definition) is 1. The van der Waals surface area contributed by atoms with Gasteiger partial charge < -0.3 is 10.2 Å². The normalized spacial score (nSPS) is 19.7. The average molecular weight is 347 g/mol. The van der Waals surface area contributed by atoms with E-state index >= 15 is 0 Å². The Morgan fingerprint density at radius 2 is 2.08 bits per heavy atom. The van der Waals surface area contributed by atoms with Crippen LogP contribution in [-0.4, -0.2) is 27.6 Å². The molecule has 0 bridgehead atoms. The van der Waals surface area contributed by atoms with Crippen LogP contribution in [0.1, 0.15) is 49.3 Å². The standard InChI is InChI=1S/C20H21N5O/c1-12-9-19(26)24(2)17-6-5-14(10-15(12)17)22-20-18-11-16(13-3-4-13)23-25(18)8-7-21-20/h5-8,10-13H,3-4,9H2,1-2H3,(H,21,22). The summed E-state index contributed by atoms with van der Waals surface area (Å²) in [4.78, 5) is 18.3. The summed E-state index contributed by atoms with van der Waals surface area (Å²) in [6, 6.07) is 8.29. The molecule has 1 N–H and O–H groups in total. The minimum absolute atomic E-state index is 0.170. The topological polar surface area (TPSA) is 62.5 Å². The Hall–Kier alpha value is -2.89. The highest BCUT2D eigenvalue weighted by atomic mass is 16.2. The van der Waals surface area contributed by atoms with E-state index in [-0.39, 0.29) is 11.8 Å². The van der Waals surface area contributed by atoms with Crippen LogP contribution in [0.3, 0.4) is 0 Å². The maximum Gasteiger partial charge on any atom is 0.227 e. The molecule has 1 unspecified atom stereocenters. The lowest BCUT2D eigenvalue weighted by atomic mass is 9.91. The van der Waals surface area contributed by atoms with Crippen LogP contribution >= 0.6 is 0 Å². The molecule has 3 aromatic rings. The molecule has 26 heavy (non-hydrogen) atoms. The van der Waals surface area contributed by atoms with Gasteiger partial charge >= 0.3 is 0 Å². The quantitative estimate of drug-likeness (QED) is 0.782. The minimum atomic E-state index is 0.170. The van der Waals surface area contributed by atoms with Gasteiger partial charge in [-0.05, 0) is 48.6 Å². The summed E-state index contributed by atoms with van der Waals surface area (Å²) in [6.07, 6.45) is 6.67. The van der Waals surface area contributed by atoms with Crippen molar-refractivity contribution in [2.45, 2.75) is 38.0 Å². The molecule has 5 rings (SSSR count). The van der Waals surface area contributed by atoms with Crippen molar-refractivity contribution in [1.82, 2.24) is 14.6 Å². The molecule has 2 aliphatic rings. The second-order valence-electron chi connectivity index (χ2n) is 7.41. The Morgan fingerprint density at radius 1 is 1.23 bits per heavy atom. The van der Waals surface area contributed by atoms with Crippen LogP contribution in [0.25, 0.3) is 5.52 Å². The van der Waals surface area contributed by atoms with Crippen molar-refractivity contribution in [1.29, 1.82) is 0 Å². The van der Waals surface area contributed by atoms with Crippen molar-refractivity contribution in [3.05, 3.63) is 47.9 Å². The van der Waals surface area contributed by atoms with E-state index in [4.69, 9.17) is 0 Å². The molecule has 6 nitrogen and oxygen atoms in total. The first-order chi connectivity index (χ1) is 12.6. The van der Waals surface area contributed by atoms with Gasteiger partial charge in [0.1, 0.15) is 5.52 Å². The molecule has 6 heteroatoms. The zero-order chi connectivity index (χ0) is 17.8. The molecular formula is C20H21N5O. The largest absolute Gasteiger partial charge is 0.338 e. The number of rotatable bonds is 3. The predicted octanol–water partition coefficient (Wildman–Crippen LogP) is 3.82. The van der Waals surface area contributed by atoms with Crippen LogP contribution in [0.15, 0.2) is 36.7 Å². The van der Waals surface area contributed by atoms with Crippen LogP contribution in [0, 0.1) is 0 Å². The minimum Gasteiger partial charge on any atom is -0.338 e. The number of carbonyl (C=O) groups is 1. The number of benzene rings is 1. The summed E-state index contributed by atoms with van der Waals surface area (Å²) >= 11 is 0. The monoisotopic (exact) mass is 347 g/mol. The van der Waals surface area contributed by atoms with Gasteiger partial charge in [0.25, 0.3) is 0 Å². The first-order valence-corrected chi connectivity index (χ1v) is 9.12. The molecule has 1 aromatic carbocycles. The summed E-state index contributed by atoms with van der Waals surface area (Å²) < 4.78 is 1.90. The molecule has 0 spiro atoms. The number of carbonyl (C=O) groups excluding carboxylic acids is 1. The van der Waals surface area contributed by atoms with Crippen LogP contribution in [0.2, 0.25) is 0 Å². The van der Waals surface area contributed by atoms with Gasteiger partial charge in [0.2, 0.25) is 5.91 Å². The molecule has 0 saturated heterocycles. The number of nitrogens with one attached hydrogen (secondary N) is 1. The Kier molecular flexibility index (Phi) is 3.29. The van der Waals surface area contributed by atoms with Crippen molar-refractivity contribution in [2.75, 3.05) is 17.3 Å². The van der Waals surface area contributed by atoms with Gasteiger partial charge in [0.05, 0.1) is 5.69 Å². The number of hydrogen-bond acceptors (Lipinski definition) is 4. The van der Waals surface area contributed by atoms with Gasteiger partial charge in [-0.2, -0.15) is 5.10 Å². The summed E-state index contributed by atoms with van der Waals surface area (Å²) in [5.74, 6) is 1.81. The fourth-order valence-electron chi connectivity index (χ4n) is 3.73. The molecule has 1 aliphatic heterocycles. The van der Waals surface area contributed by atoms with Gasteiger partial charge in [-0.1, -0.05) is 6.92 Å². The van der Waals surface area contributed by atoms with E-state index in [1.165, 1.54) is 18.4 Å². The molecule has 1 fully saturated rings. The molecule has 3 heterocycles. The zero-order valence-corrected chi connectivity index (χ0v) is 14.9. The van der Waals surface area contributed by atoms with Crippen LogP contribution in [-0.2, 0) is 4.79 Å². The Labute approximate surface area is 151 Å². The fourth-order valence-corrected chi connectivity index (χ4v) is 3.73. The van der Waals surface area contributed by atoms with Crippen molar-refractivity contribution >= 4 is 28.6 Å². The molecule has 1 atom stereocenters. The molecule has 132 valence electrons. The SMILES string of the molecule is CC1CC(=O)N(C)c2ccc(Nc3nccn4nc(C5CC5)cc34)cc21. The Bertz CT molecular complexity index is 1020. The van der Waals surface area contributed by atoms with E-state index in [9.17, 15) is 4.79 Å². The summed E-state index contributed by atoms with van der Waals surface area (Å²) in [5.41, 5.74) is 5.31. The maximum atomic E-state index is 12.0. The molecule has 1 aliphatic carbocycles. The first-order valence-electron chi connectivity index (χ1n) is 9.12. The van der Waals surface area contributed by atoms with Crippen molar-refractivity contribution in [2.24, 2.45) is 0 Å². The van der Waals surface area contributed by atoms with Crippen molar-refractivity contribution in [3.8, 4) is 0 Å². The van der Waals surface area contributed by atoms with E-state index < -0.39 is 0 Å². The third-order valence-electron chi connectivity index (χ3n) is 5.44. The highest BCUT2D eigenvalue weighted by Crippen LogP contribution is 2.40. The molecule has 0 radical (unpaired) electrons. The van der Waals surface area contributed by atoms with Gasteiger partial charge in [-0.25, -0.2) is 9.50 Å². The third-order valence-corrected chi connectivity index (χ3v) is 5.44. The second kappa shape index (κ2) is 5.56. The maximum absolute atomic E-state index is 12.0. The Morgan fingerprint density at radius 3 is 2.88 bits per heavy atom. The number of amides is 1. The van der Waals surface area contributed by atoms with Crippen LogP contribution in [0.4, 0.5) is 17.2 Å². The van der Waals surface area contributed by atoms with E-state index in [0.717, 1.165) is 28.4 Å². The van der Waals surface area contributed by atoms with E-state index in [1.807, 2.05) is 29.9 Å². The predicted molar refractivity (Wildman–Crippen MR) is 101 cm³/mol. The highest BCUT2D eigenvalue weighted by Gasteiger charge is 2.28. The van der Waals surface area contributed by atoms with Crippen LogP contribution in [0.5, 0.6) is 0 Å². The van der Waals surface area contributed by atoms with Gasteiger partial charge in [0.15, 0.2) is 5.82 Å². The average Bonchev–Trinajstić information content (AvgIpc) is 3.39. The smallest absolute Gasteiger partial charge is 0.227 e. The number of aromatic nitrogens is 3. The van der Waals surface area contributed by atoms with Gasteiger partial charge in [-0.15, -0.1) is 0 Å². The summed E-state index contributed by atoms with van der Waals surface area (Å²) in [7, 11) is 1.84. The summed E-state index contributed by atoms with van der Waals surface area (Å²) in [6.45, 7) is 2.10. The Balaban J connectivity index is 1.51. The van der Waals surface area contributed by atoms with E-state index in [2.05, 4.69) is 34.5 Å². The third kappa shape index (κ3) is 2.44. The van der Waals surface area contributed by atoms with Crippen molar-refractivity contribution < 1.29 is 4.79 Å². The van der Waals surface area contributed by atoms with Crippen LogP contribution < -0.4 is 10.2 Å². The number of fused-ring (bicyclic) bond motifs is 2. The first kappa shape index (κ1) is 15.4. The number of nitrogens with zero attached hydrogens (tertiary/aromatic N) is 4. The molecule has 2 aromatic heterocycles. The molecule has 1 saturated carbocycles. The molecule has 1 amide bonds. The lowest BCUT2D eigenvalue weighted by Crippen LogP contribution is -2.32. The molecular weight excluding hydrogens is 326 g/mol.